The molecule has 0 unspecified atom stereocenters. The van der Waals surface area contributed by atoms with Gasteiger partial charge in [0.15, 0.2) is 0 Å². The Morgan fingerprint density at radius 2 is 1.71 bits per heavy atom. The van der Waals surface area contributed by atoms with Crippen molar-refractivity contribution in [2.45, 2.75) is 26.3 Å². The van der Waals surface area contributed by atoms with Crippen molar-refractivity contribution in [2.24, 2.45) is 0 Å². The van der Waals surface area contributed by atoms with Crippen LogP contribution in [0.4, 0.5) is 0 Å². The summed E-state index contributed by atoms with van der Waals surface area (Å²) >= 11 is 12.2. The van der Waals surface area contributed by atoms with Crippen molar-refractivity contribution in [2.75, 3.05) is 26.2 Å². The molecule has 0 N–H and O–H groups in total. The SMILES string of the molecule is CC(C)c1ccc(/C=C/C(=O)N2CCN(Cc3ccc(Cl)cc3Cl)CC2)cc1. The number of amides is 1. The number of nitrogens with zero attached hydrogens (tertiary/aromatic N) is 2. The minimum Gasteiger partial charge on any atom is -0.337 e. The standard InChI is InChI=1S/C23H26Cl2N2O/c1-17(2)19-6-3-18(4-7-19)5-10-23(28)27-13-11-26(12-14-27)16-20-8-9-21(24)15-22(20)25/h3-10,15,17H,11-14,16H2,1-2H3/b10-5+. The molecule has 1 aliphatic rings. The number of hydrogen-bond acceptors (Lipinski definition) is 2. The molecule has 0 aromatic heterocycles. The van der Waals surface area contributed by atoms with Crippen molar-refractivity contribution in [3.8, 4) is 0 Å². The lowest BCUT2D eigenvalue weighted by Crippen LogP contribution is -2.47. The third kappa shape index (κ3) is 5.60. The highest BCUT2D eigenvalue weighted by Crippen LogP contribution is 2.23. The van der Waals surface area contributed by atoms with Gasteiger partial charge in [-0.3, -0.25) is 9.69 Å². The van der Waals surface area contributed by atoms with Gasteiger partial charge in [0.25, 0.3) is 0 Å². The summed E-state index contributed by atoms with van der Waals surface area (Å²) in [5, 5.41) is 1.34. The van der Waals surface area contributed by atoms with Crippen LogP contribution in [0.5, 0.6) is 0 Å². The molecule has 28 heavy (non-hydrogen) atoms. The summed E-state index contributed by atoms with van der Waals surface area (Å²) < 4.78 is 0. The summed E-state index contributed by atoms with van der Waals surface area (Å²) in [4.78, 5) is 16.7. The van der Waals surface area contributed by atoms with Gasteiger partial charge < -0.3 is 4.90 Å². The Labute approximate surface area is 177 Å². The van der Waals surface area contributed by atoms with E-state index in [0.29, 0.717) is 16.0 Å². The van der Waals surface area contributed by atoms with Crippen molar-refractivity contribution in [1.82, 2.24) is 9.80 Å². The van der Waals surface area contributed by atoms with Gasteiger partial charge in [0.1, 0.15) is 0 Å². The van der Waals surface area contributed by atoms with Crippen LogP contribution in [0.15, 0.2) is 48.5 Å². The third-order valence-corrected chi connectivity index (χ3v) is 5.70. The second-order valence-electron chi connectivity index (χ2n) is 7.49. The van der Waals surface area contributed by atoms with Gasteiger partial charge in [0, 0.05) is 48.8 Å². The van der Waals surface area contributed by atoms with Crippen LogP contribution in [0.2, 0.25) is 10.0 Å². The van der Waals surface area contributed by atoms with E-state index in [1.807, 2.05) is 23.1 Å². The Morgan fingerprint density at radius 3 is 2.32 bits per heavy atom. The Hall–Kier alpha value is -1.81. The summed E-state index contributed by atoms with van der Waals surface area (Å²) in [5.74, 6) is 0.579. The van der Waals surface area contributed by atoms with E-state index in [1.165, 1.54) is 5.56 Å². The van der Waals surface area contributed by atoms with Gasteiger partial charge in [-0.2, -0.15) is 0 Å². The summed E-state index contributed by atoms with van der Waals surface area (Å²) in [6.07, 6.45) is 3.57. The average Bonchev–Trinajstić information content (AvgIpc) is 2.69. The molecule has 0 radical (unpaired) electrons. The van der Waals surface area contributed by atoms with E-state index in [9.17, 15) is 4.79 Å². The largest absolute Gasteiger partial charge is 0.337 e. The average molecular weight is 417 g/mol. The Kier molecular flexibility index (Phi) is 7.17. The molecule has 2 aromatic carbocycles. The van der Waals surface area contributed by atoms with E-state index < -0.39 is 0 Å². The number of halogens is 2. The van der Waals surface area contributed by atoms with Crippen molar-refractivity contribution in [3.63, 3.8) is 0 Å². The second kappa shape index (κ2) is 9.60. The maximum Gasteiger partial charge on any atom is 0.246 e. The molecular formula is C23H26Cl2N2O. The molecule has 3 rings (SSSR count). The maximum absolute atomic E-state index is 12.5. The minimum absolute atomic E-state index is 0.0668. The molecule has 0 atom stereocenters. The van der Waals surface area contributed by atoms with Gasteiger partial charge >= 0.3 is 0 Å². The molecule has 0 bridgehead atoms. The Morgan fingerprint density at radius 1 is 1.04 bits per heavy atom. The van der Waals surface area contributed by atoms with Crippen molar-refractivity contribution in [3.05, 3.63) is 75.3 Å². The van der Waals surface area contributed by atoms with E-state index in [1.54, 1.807) is 12.1 Å². The van der Waals surface area contributed by atoms with Crippen molar-refractivity contribution < 1.29 is 4.79 Å². The first kappa shape index (κ1) is 20.9. The lowest BCUT2D eigenvalue weighted by Gasteiger charge is -2.34. The monoisotopic (exact) mass is 416 g/mol. The fourth-order valence-electron chi connectivity index (χ4n) is 3.28. The molecule has 1 saturated heterocycles. The van der Waals surface area contributed by atoms with Gasteiger partial charge in [-0.25, -0.2) is 0 Å². The zero-order valence-corrected chi connectivity index (χ0v) is 17.9. The van der Waals surface area contributed by atoms with E-state index in [-0.39, 0.29) is 5.91 Å². The molecule has 148 valence electrons. The van der Waals surface area contributed by atoms with E-state index in [2.05, 4.69) is 43.0 Å². The molecule has 3 nitrogen and oxygen atoms in total. The van der Waals surface area contributed by atoms with Gasteiger partial charge in [-0.1, -0.05) is 67.4 Å². The Bertz CT molecular complexity index is 838. The molecular weight excluding hydrogens is 391 g/mol. The first-order valence-electron chi connectivity index (χ1n) is 9.65. The predicted molar refractivity (Wildman–Crippen MR) is 118 cm³/mol. The van der Waals surface area contributed by atoms with Crippen LogP contribution >= 0.6 is 23.2 Å². The van der Waals surface area contributed by atoms with Crippen molar-refractivity contribution in [1.29, 1.82) is 0 Å². The number of rotatable bonds is 5. The van der Waals surface area contributed by atoms with Crippen molar-refractivity contribution >= 4 is 35.2 Å². The lowest BCUT2D eigenvalue weighted by molar-refractivity contribution is -0.127. The number of piperazine rings is 1. The second-order valence-corrected chi connectivity index (χ2v) is 8.34. The first-order valence-corrected chi connectivity index (χ1v) is 10.4. The highest BCUT2D eigenvalue weighted by Gasteiger charge is 2.20. The van der Waals surface area contributed by atoms with Crippen LogP contribution < -0.4 is 0 Å². The quantitative estimate of drug-likeness (QED) is 0.602. The number of benzene rings is 2. The zero-order chi connectivity index (χ0) is 20.1. The smallest absolute Gasteiger partial charge is 0.246 e. The molecule has 1 heterocycles. The lowest BCUT2D eigenvalue weighted by atomic mass is 10.0. The Balaban J connectivity index is 1.50. The predicted octanol–water partition coefficient (Wildman–Crippen LogP) is 5.47. The van der Waals surface area contributed by atoms with E-state index in [0.717, 1.165) is 43.9 Å². The topological polar surface area (TPSA) is 23.6 Å². The summed E-state index contributed by atoms with van der Waals surface area (Å²) in [6, 6.07) is 14.0. The normalized spacial score (nSPS) is 15.5. The summed E-state index contributed by atoms with van der Waals surface area (Å²) in [5.41, 5.74) is 3.42. The summed E-state index contributed by atoms with van der Waals surface area (Å²) in [7, 11) is 0. The van der Waals surface area contributed by atoms with E-state index >= 15 is 0 Å². The molecule has 0 aliphatic carbocycles. The van der Waals surface area contributed by atoms with Gasteiger partial charge in [0.2, 0.25) is 5.91 Å². The number of carbonyl (C=O) groups excluding carboxylic acids is 1. The molecule has 1 amide bonds. The molecule has 5 heteroatoms. The maximum atomic E-state index is 12.5. The minimum atomic E-state index is 0.0668. The number of carbonyl (C=O) groups is 1. The molecule has 1 fully saturated rings. The van der Waals surface area contributed by atoms with Crippen LogP contribution in [-0.4, -0.2) is 41.9 Å². The summed E-state index contributed by atoms with van der Waals surface area (Å²) in [6.45, 7) is 8.24. The van der Waals surface area contributed by atoms with Crippen LogP contribution in [0, 0.1) is 0 Å². The van der Waals surface area contributed by atoms with Gasteiger partial charge in [-0.15, -0.1) is 0 Å². The fraction of sp³-hybridized carbons (Fsp3) is 0.348. The first-order chi connectivity index (χ1) is 13.4. The van der Waals surface area contributed by atoms with E-state index in [4.69, 9.17) is 23.2 Å². The highest BCUT2D eigenvalue weighted by molar-refractivity contribution is 6.35. The van der Waals surface area contributed by atoms with Crippen LogP contribution in [0.25, 0.3) is 6.08 Å². The van der Waals surface area contributed by atoms with Gasteiger partial charge in [0.05, 0.1) is 0 Å². The van der Waals surface area contributed by atoms with Crippen LogP contribution in [0.3, 0.4) is 0 Å². The zero-order valence-electron chi connectivity index (χ0n) is 16.4. The highest BCUT2D eigenvalue weighted by atomic mass is 35.5. The molecule has 1 aliphatic heterocycles. The third-order valence-electron chi connectivity index (χ3n) is 5.11. The number of hydrogen-bond donors (Lipinski definition) is 0. The van der Waals surface area contributed by atoms with Crippen LogP contribution in [-0.2, 0) is 11.3 Å². The molecule has 2 aromatic rings. The molecule has 0 saturated carbocycles. The van der Waals surface area contributed by atoms with Crippen LogP contribution in [0.1, 0.15) is 36.5 Å². The van der Waals surface area contributed by atoms with Gasteiger partial charge in [-0.05, 0) is 40.8 Å². The fourth-order valence-corrected chi connectivity index (χ4v) is 3.75. The molecule has 0 spiro atoms.